The lowest BCUT2D eigenvalue weighted by Gasteiger charge is -2.32. The van der Waals surface area contributed by atoms with E-state index in [0.29, 0.717) is 17.2 Å². The lowest BCUT2D eigenvalue weighted by atomic mass is 10.1. The Labute approximate surface area is 132 Å². The molecule has 1 aromatic carbocycles. The Morgan fingerprint density at radius 2 is 1.95 bits per heavy atom. The van der Waals surface area contributed by atoms with Gasteiger partial charge in [0.1, 0.15) is 5.15 Å². The standard InChI is InChI=1S/C18H23ClN2/c1-13(2)21(16-8-4-5-9-16)12-15-11-14-7-3-6-10-17(14)20-18(15)19/h3,6-7,10-11,13,16H,4-5,8-9,12H2,1-2H3. The van der Waals surface area contributed by atoms with E-state index in [2.05, 4.69) is 41.9 Å². The van der Waals surface area contributed by atoms with E-state index in [-0.39, 0.29) is 0 Å². The van der Waals surface area contributed by atoms with Crippen LogP contribution < -0.4 is 0 Å². The summed E-state index contributed by atoms with van der Waals surface area (Å²) in [5.74, 6) is 0. The highest BCUT2D eigenvalue weighted by Gasteiger charge is 2.25. The number of nitrogens with zero attached hydrogens (tertiary/aromatic N) is 2. The van der Waals surface area contributed by atoms with Crippen molar-refractivity contribution in [1.82, 2.24) is 9.88 Å². The monoisotopic (exact) mass is 302 g/mol. The molecule has 1 aliphatic rings. The Bertz CT molecular complexity index is 618. The predicted octanol–water partition coefficient (Wildman–Crippen LogP) is 5.04. The Morgan fingerprint density at radius 1 is 1.24 bits per heavy atom. The maximum Gasteiger partial charge on any atom is 0.134 e. The summed E-state index contributed by atoms with van der Waals surface area (Å²) in [6.07, 6.45) is 5.35. The second kappa shape index (κ2) is 6.33. The molecule has 0 atom stereocenters. The molecule has 1 aliphatic carbocycles. The molecule has 2 aromatic rings. The second-order valence-corrected chi connectivity index (χ2v) is 6.69. The van der Waals surface area contributed by atoms with E-state index < -0.39 is 0 Å². The van der Waals surface area contributed by atoms with E-state index in [1.54, 1.807) is 0 Å². The van der Waals surface area contributed by atoms with Crippen molar-refractivity contribution in [1.29, 1.82) is 0 Å². The number of hydrogen-bond acceptors (Lipinski definition) is 2. The van der Waals surface area contributed by atoms with Crippen molar-refractivity contribution in [2.24, 2.45) is 0 Å². The molecule has 0 unspecified atom stereocenters. The zero-order chi connectivity index (χ0) is 14.8. The number of benzene rings is 1. The summed E-state index contributed by atoms with van der Waals surface area (Å²) in [4.78, 5) is 7.14. The molecule has 21 heavy (non-hydrogen) atoms. The van der Waals surface area contributed by atoms with Crippen LogP contribution in [0.1, 0.15) is 45.1 Å². The van der Waals surface area contributed by atoms with Gasteiger partial charge in [0.15, 0.2) is 0 Å². The minimum atomic E-state index is 0.538. The molecule has 2 nitrogen and oxygen atoms in total. The zero-order valence-electron chi connectivity index (χ0n) is 12.8. The molecule has 0 radical (unpaired) electrons. The van der Waals surface area contributed by atoms with Crippen molar-refractivity contribution in [2.75, 3.05) is 0 Å². The third-order valence-corrected chi connectivity index (χ3v) is 4.89. The van der Waals surface area contributed by atoms with Gasteiger partial charge >= 0.3 is 0 Å². The largest absolute Gasteiger partial charge is 0.294 e. The number of pyridine rings is 1. The lowest BCUT2D eigenvalue weighted by molar-refractivity contribution is 0.146. The van der Waals surface area contributed by atoms with E-state index in [9.17, 15) is 0 Å². The number of hydrogen-bond donors (Lipinski definition) is 0. The van der Waals surface area contributed by atoms with Gasteiger partial charge in [-0.25, -0.2) is 4.98 Å². The smallest absolute Gasteiger partial charge is 0.134 e. The molecule has 0 amide bonds. The molecule has 1 heterocycles. The van der Waals surface area contributed by atoms with E-state index in [4.69, 9.17) is 11.6 Å². The van der Waals surface area contributed by atoms with Crippen LogP contribution in [0.25, 0.3) is 10.9 Å². The summed E-state index contributed by atoms with van der Waals surface area (Å²) in [5, 5.41) is 1.82. The molecule has 1 fully saturated rings. The van der Waals surface area contributed by atoms with Crippen molar-refractivity contribution in [3.63, 3.8) is 0 Å². The van der Waals surface area contributed by atoms with Crippen molar-refractivity contribution >= 4 is 22.5 Å². The van der Waals surface area contributed by atoms with Crippen LogP contribution in [-0.4, -0.2) is 22.0 Å². The number of rotatable bonds is 4. The molecule has 0 aliphatic heterocycles. The van der Waals surface area contributed by atoms with Crippen molar-refractivity contribution in [3.05, 3.63) is 41.0 Å². The minimum Gasteiger partial charge on any atom is -0.294 e. The highest BCUT2D eigenvalue weighted by Crippen LogP contribution is 2.29. The van der Waals surface area contributed by atoms with Crippen LogP contribution in [0, 0.1) is 0 Å². The van der Waals surface area contributed by atoms with Crippen molar-refractivity contribution < 1.29 is 0 Å². The van der Waals surface area contributed by atoms with Crippen molar-refractivity contribution in [3.8, 4) is 0 Å². The average Bonchev–Trinajstić information content (AvgIpc) is 2.98. The topological polar surface area (TPSA) is 16.1 Å². The van der Waals surface area contributed by atoms with Gasteiger partial charge < -0.3 is 0 Å². The maximum absolute atomic E-state index is 6.42. The Morgan fingerprint density at radius 3 is 2.67 bits per heavy atom. The van der Waals surface area contributed by atoms with Gasteiger partial charge in [-0.3, -0.25) is 4.90 Å². The molecule has 0 spiro atoms. The fourth-order valence-electron chi connectivity index (χ4n) is 3.41. The van der Waals surface area contributed by atoms with Crippen LogP contribution in [0.5, 0.6) is 0 Å². The third kappa shape index (κ3) is 3.22. The molecule has 112 valence electrons. The van der Waals surface area contributed by atoms with Gasteiger partial charge in [-0.2, -0.15) is 0 Å². The second-order valence-electron chi connectivity index (χ2n) is 6.34. The summed E-state index contributed by atoms with van der Waals surface area (Å²) in [5.41, 5.74) is 2.12. The summed E-state index contributed by atoms with van der Waals surface area (Å²) >= 11 is 6.42. The maximum atomic E-state index is 6.42. The van der Waals surface area contributed by atoms with E-state index in [0.717, 1.165) is 17.6 Å². The fourth-order valence-corrected chi connectivity index (χ4v) is 3.62. The van der Waals surface area contributed by atoms with Crippen LogP contribution in [0.15, 0.2) is 30.3 Å². The summed E-state index contributed by atoms with van der Waals surface area (Å²) in [6.45, 7) is 5.46. The van der Waals surface area contributed by atoms with Crippen LogP contribution in [0.4, 0.5) is 0 Å². The van der Waals surface area contributed by atoms with E-state index >= 15 is 0 Å². The minimum absolute atomic E-state index is 0.538. The first-order valence-electron chi connectivity index (χ1n) is 7.95. The van der Waals surface area contributed by atoms with E-state index in [1.807, 2.05) is 12.1 Å². The predicted molar refractivity (Wildman–Crippen MR) is 89.7 cm³/mol. The normalized spacial score (nSPS) is 16.4. The Hall–Kier alpha value is -1.12. The molecule has 1 saturated carbocycles. The molecule has 0 N–H and O–H groups in total. The van der Waals surface area contributed by atoms with Gasteiger partial charge in [0.05, 0.1) is 5.52 Å². The summed E-state index contributed by atoms with van der Waals surface area (Å²) < 4.78 is 0. The molecule has 1 aromatic heterocycles. The molecular weight excluding hydrogens is 280 g/mol. The first kappa shape index (κ1) is 14.8. The van der Waals surface area contributed by atoms with Crippen LogP contribution in [-0.2, 0) is 6.54 Å². The summed E-state index contributed by atoms with van der Waals surface area (Å²) in [7, 11) is 0. The SMILES string of the molecule is CC(C)N(Cc1cc2ccccc2nc1Cl)C1CCCC1. The van der Waals surface area contributed by atoms with Crippen LogP contribution >= 0.6 is 11.6 Å². The Kier molecular flexibility index (Phi) is 4.46. The molecule has 3 heteroatoms. The van der Waals surface area contributed by atoms with Gasteiger partial charge in [-0.05, 0) is 38.8 Å². The van der Waals surface area contributed by atoms with Gasteiger partial charge in [-0.15, -0.1) is 0 Å². The fraction of sp³-hybridized carbons (Fsp3) is 0.500. The lowest BCUT2D eigenvalue weighted by Crippen LogP contribution is -2.38. The number of aromatic nitrogens is 1. The number of para-hydroxylation sites is 1. The van der Waals surface area contributed by atoms with Gasteiger partial charge in [0.25, 0.3) is 0 Å². The Balaban J connectivity index is 1.89. The number of fused-ring (bicyclic) bond motifs is 1. The van der Waals surface area contributed by atoms with Crippen molar-refractivity contribution in [2.45, 2.75) is 58.2 Å². The first-order valence-corrected chi connectivity index (χ1v) is 8.33. The molecule has 0 saturated heterocycles. The van der Waals surface area contributed by atoms with Crippen LogP contribution in [0.3, 0.4) is 0 Å². The van der Waals surface area contributed by atoms with Gasteiger partial charge in [0.2, 0.25) is 0 Å². The molecular formula is C18H23ClN2. The first-order chi connectivity index (χ1) is 10.1. The quantitative estimate of drug-likeness (QED) is 0.735. The van der Waals surface area contributed by atoms with Crippen LogP contribution in [0.2, 0.25) is 5.15 Å². The van der Waals surface area contributed by atoms with Gasteiger partial charge in [-0.1, -0.05) is 42.6 Å². The highest BCUT2D eigenvalue weighted by atomic mass is 35.5. The number of halogens is 1. The third-order valence-electron chi connectivity index (χ3n) is 4.56. The van der Waals surface area contributed by atoms with E-state index in [1.165, 1.54) is 31.1 Å². The molecule has 0 bridgehead atoms. The average molecular weight is 303 g/mol. The summed E-state index contributed by atoms with van der Waals surface area (Å²) in [6, 6.07) is 11.6. The van der Waals surface area contributed by atoms with Gasteiger partial charge in [0, 0.05) is 29.6 Å². The zero-order valence-corrected chi connectivity index (χ0v) is 13.6. The molecule has 3 rings (SSSR count). The highest BCUT2D eigenvalue weighted by molar-refractivity contribution is 6.30.